The van der Waals surface area contributed by atoms with Gasteiger partial charge < -0.3 is 19.9 Å². The van der Waals surface area contributed by atoms with Gasteiger partial charge in [-0.3, -0.25) is 9.59 Å². The summed E-state index contributed by atoms with van der Waals surface area (Å²) in [6.07, 6.45) is 0. The minimum atomic E-state index is -0.154. The summed E-state index contributed by atoms with van der Waals surface area (Å²) in [5, 5.41) is 3.43. The van der Waals surface area contributed by atoms with Crippen molar-refractivity contribution in [2.24, 2.45) is 0 Å². The Balaban J connectivity index is 1.87. The number of hydrogen-bond donors (Lipinski definition) is 2. The van der Waals surface area contributed by atoms with Crippen LogP contribution in [-0.2, 0) is 20.9 Å². The molecule has 2 aromatic carbocycles. The van der Waals surface area contributed by atoms with Crippen molar-refractivity contribution in [2.75, 3.05) is 45.7 Å². The third kappa shape index (κ3) is 7.68. The lowest BCUT2D eigenvalue weighted by Crippen LogP contribution is -3.11. The molecule has 0 bridgehead atoms. The molecule has 0 aromatic heterocycles. The summed E-state index contributed by atoms with van der Waals surface area (Å²) in [5.74, 6) is -0.170. The van der Waals surface area contributed by atoms with Crippen LogP contribution in [0.4, 0.5) is 5.69 Å². The van der Waals surface area contributed by atoms with E-state index in [4.69, 9.17) is 16.3 Å². The van der Waals surface area contributed by atoms with Crippen molar-refractivity contribution in [1.29, 1.82) is 0 Å². The topological polar surface area (TPSA) is 63.1 Å². The number of hydrogen-bond acceptors (Lipinski definition) is 3. The summed E-state index contributed by atoms with van der Waals surface area (Å²) in [6.45, 7) is 1.92. The van der Waals surface area contributed by atoms with E-state index >= 15 is 0 Å². The van der Waals surface area contributed by atoms with Crippen molar-refractivity contribution in [3.63, 3.8) is 0 Å². The number of nitrogens with zero attached hydrogens (tertiary/aromatic N) is 1. The third-order valence-electron chi connectivity index (χ3n) is 4.18. The lowest BCUT2D eigenvalue weighted by Gasteiger charge is -2.24. The molecule has 1 unspecified atom stereocenters. The summed E-state index contributed by atoms with van der Waals surface area (Å²) >= 11 is 5.85. The fourth-order valence-electron chi connectivity index (χ4n) is 2.74. The van der Waals surface area contributed by atoms with Crippen LogP contribution in [0.3, 0.4) is 0 Å². The molecule has 2 N–H and O–H groups in total. The monoisotopic (exact) mass is 404 g/mol. The normalized spacial score (nSPS) is 11.7. The van der Waals surface area contributed by atoms with Gasteiger partial charge in [0.15, 0.2) is 13.1 Å². The van der Waals surface area contributed by atoms with E-state index in [-0.39, 0.29) is 24.9 Å². The highest BCUT2D eigenvalue weighted by Crippen LogP contribution is 2.12. The number of nitrogens with one attached hydrogen (secondary N) is 2. The van der Waals surface area contributed by atoms with Gasteiger partial charge in [0, 0.05) is 30.9 Å². The average molecular weight is 405 g/mol. The molecule has 0 aliphatic carbocycles. The zero-order valence-corrected chi connectivity index (χ0v) is 17.0. The quantitative estimate of drug-likeness (QED) is 0.630. The van der Waals surface area contributed by atoms with Crippen LogP contribution in [0.5, 0.6) is 0 Å². The van der Waals surface area contributed by atoms with E-state index in [1.807, 2.05) is 37.4 Å². The Morgan fingerprint density at radius 1 is 1.07 bits per heavy atom. The first kappa shape index (κ1) is 21.9. The van der Waals surface area contributed by atoms with Crippen molar-refractivity contribution in [3.05, 3.63) is 65.2 Å². The maximum Gasteiger partial charge on any atom is 0.279 e. The summed E-state index contributed by atoms with van der Waals surface area (Å²) in [4.78, 5) is 27.5. The van der Waals surface area contributed by atoms with Crippen molar-refractivity contribution in [3.8, 4) is 0 Å². The van der Waals surface area contributed by atoms with Gasteiger partial charge in [-0.1, -0.05) is 41.9 Å². The summed E-state index contributed by atoms with van der Waals surface area (Å²) in [7, 11) is 3.44. The fourth-order valence-corrected chi connectivity index (χ4v) is 2.87. The fraction of sp³-hybridized carbons (Fsp3) is 0.333. The van der Waals surface area contributed by atoms with E-state index in [1.54, 1.807) is 36.3 Å². The number of carbonyl (C=O) groups excluding carboxylic acids is 2. The summed E-state index contributed by atoms with van der Waals surface area (Å²) < 4.78 is 5.13. The van der Waals surface area contributed by atoms with Crippen LogP contribution in [0.2, 0.25) is 5.02 Å². The molecule has 0 radical (unpaired) electrons. The van der Waals surface area contributed by atoms with Crippen LogP contribution in [0.1, 0.15) is 5.56 Å². The van der Waals surface area contributed by atoms with Gasteiger partial charge in [-0.05, 0) is 29.8 Å². The Labute approximate surface area is 171 Å². The van der Waals surface area contributed by atoms with Crippen molar-refractivity contribution < 1.29 is 19.2 Å². The highest BCUT2D eigenvalue weighted by Gasteiger charge is 2.20. The Morgan fingerprint density at radius 2 is 1.75 bits per heavy atom. The van der Waals surface area contributed by atoms with Crippen molar-refractivity contribution in [1.82, 2.24) is 4.90 Å². The smallest absolute Gasteiger partial charge is 0.279 e. The van der Waals surface area contributed by atoms with Gasteiger partial charge in [-0.25, -0.2) is 0 Å². The lowest BCUT2D eigenvalue weighted by molar-refractivity contribution is -0.862. The molecule has 0 aliphatic rings. The van der Waals surface area contributed by atoms with Crippen molar-refractivity contribution >= 4 is 29.1 Å². The van der Waals surface area contributed by atoms with Crippen LogP contribution < -0.4 is 10.2 Å². The second-order valence-electron chi connectivity index (χ2n) is 6.66. The van der Waals surface area contributed by atoms with Crippen LogP contribution in [0.15, 0.2) is 54.6 Å². The molecule has 2 aromatic rings. The molecule has 0 heterocycles. The van der Waals surface area contributed by atoms with Gasteiger partial charge in [0.25, 0.3) is 11.8 Å². The Kier molecular flexibility index (Phi) is 8.94. The molecule has 150 valence electrons. The SMILES string of the molecule is COCCN(Cc1ccccc1)C(=O)C[NH+](C)CC(=O)Nc1ccc(Cl)cc1. The molecule has 0 saturated carbocycles. The number of methoxy groups -OCH3 is 1. The number of rotatable bonds is 10. The van der Waals surface area contributed by atoms with Gasteiger partial charge in [0.1, 0.15) is 0 Å². The number of quaternary nitrogens is 1. The first-order valence-corrected chi connectivity index (χ1v) is 9.53. The maximum absolute atomic E-state index is 12.7. The second kappa shape index (κ2) is 11.4. The zero-order chi connectivity index (χ0) is 20.4. The molecule has 1 atom stereocenters. The Morgan fingerprint density at radius 3 is 2.39 bits per heavy atom. The molecule has 2 rings (SSSR count). The molecule has 7 heteroatoms. The summed E-state index contributed by atoms with van der Waals surface area (Å²) in [6, 6.07) is 16.7. The molecule has 0 saturated heterocycles. The number of benzene rings is 2. The first-order valence-electron chi connectivity index (χ1n) is 9.15. The second-order valence-corrected chi connectivity index (χ2v) is 7.10. The highest BCUT2D eigenvalue weighted by molar-refractivity contribution is 6.30. The molecule has 0 spiro atoms. The van der Waals surface area contributed by atoms with Crippen LogP contribution in [-0.4, -0.2) is 57.1 Å². The predicted octanol–water partition coefficient (Wildman–Crippen LogP) is 1.47. The zero-order valence-electron chi connectivity index (χ0n) is 16.3. The van der Waals surface area contributed by atoms with Gasteiger partial charge in [-0.2, -0.15) is 0 Å². The van der Waals surface area contributed by atoms with Gasteiger partial charge in [0.05, 0.1) is 13.7 Å². The number of ether oxygens (including phenoxy) is 1. The molecule has 6 nitrogen and oxygen atoms in total. The molecular weight excluding hydrogens is 378 g/mol. The van der Waals surface area contributed by atoms with E-state index in [2.05, 4.69) is 5.32 Å². The van der Waals surface area contributed by atoms with E-state index in [0.717, 1.165) is 10.5 Å². The Hall–Kier alpha value is -2.41. The molecule has 0 fully saturated rings. The first-order chi connectivity index (χ1) is 13.5. The number of carbonyl (C=O) groups is 2. The van der Waals surface area contributed by atoms with Crippen molar-refractivity contribution in [2.45, 2.75) is 6.54 Å². The van der Waals surface area contributed by atoms with Crippen LogP contribution >= 0.6 is 11.6 Å². The van der Waals surface area contributed by atoms with Gasteiger partial charge >= 0.3 is 0 Å². The largest absolute Gasteiger partial charge is 0.383 e. The number of likely N-dealkylation sites (N-methyl/N-ethyl adjacent to an activating group) is 1. The van der Waals surface area contributed by atoms with Crippen LogP contribution in [0, 0.1) is 0 Å². The maximum atomic E-state index is 12.7. The standard InChI is InChI=1S/C21H26ClN3O3/c1-24(15-20(26)23-19-10-8-18(22)9-11-19)16-21(27)25(12-13-28-2)14-17-6-4-3-5-7-17/h3-11H,12-16H2,1-2H3,(H,23,26)/p+1. The van der Waals surface area contributed by atoms with E-state index in [9.17, 15) is 9.59 Å². The minimum absolute atomic E-state index is 0.0160. The number of amides is 2. The molecule has 2 amide bonds. The van der Waals surface area contributed by atoms with Crippen LogP contribution in [0.25, 0.3) is 0 Å². The van der Waals surface area contributed by atoms with E-state index in [0.29, 0.717) is 30.4 Å². The minimum Gasteiger partial charge on any atom is -0.383 e. The molecule has 0 aliphatic heterocycles. The predicted molar refractivity (Wildman–Crippen MR) is 110 cm³/mol. The molecule has 28 heavy (non-hydrogen) atoms. The molecular formula is C21H27ClN3O3+. The number of halogens is 1. The highest BCUT2D eigenvalue weighted by atomic mass is 35.5. The average Bonchev–Trinajstić information content (AvgIpc) is 2.67. The lowest BCUT2D eigenvalue weighted by atomic mass is 10.2. The van der Waals surface area contributed by atoms with E-state index < -0.39 is 0 Å². The van der Waals surface area contributed by atoms with E-state index in [1.165, 1.54) is 0 Å². The summed E-state index contributed by atoms with van der Waals surface area (Å²) in [5.41, 5.74) is 1.74. The Bertz CT molecular complexity index is 753. The third-order valence-corrected chi connectivity index (χ3v) is 4.43. The van der Waals surface area contributed by atoms with Gasteiger partial charge in [0.2, 0.25) is 0 Å². The number of anilines is 1. The van der Waals surface area contributed by atoms with Gasteiger partial charge in [-0.15, -0.1) is 0 Å².